The van der Waals surface area contributed by atoms with E-state index in [4.69, 9.17) is 8.94 Å². The second-order valence-corrected chi connectivity index (χ2v) is 5.90. The topological polar surface area (TPSA) is 97.4 Å². The number of sulfonamides is 1. The Morgan fingerprint density at radius 2 is 2.05 bits per heavy atom. The molecular weight excluding hydrogens is 282 g/mol. The molecule has 0 aliphatic rings. The molecule has 0 saturated carbocycles. The van der Waals surface area contributed by atoms with Crippen LogP contribution < -0.4 is 10.0 Å². The number of furan rings is 1. The highest BCUT2D eigenvalue weighted by Crippen LogP contribution is 2.14. The number of rotatable bonds is 8. The molecule has 2 N–H and O–H groups in total. The standard InChI is InChI=1S/C12H17N3O4S/c1-2-6-13-8-10-3-4-12(18-10)20(16,17)15-9-11-5-7-14-19-11/h3-5,7,13,15H,2,6,8-9H2,1H3. The predicted molar refractivity (Wildman–Crippen MR) is 71.2 cm³/mol. The molecular formula is C12H17N3O4S. The molecule has 0 radical (unpaired) electrons. The molecule has 0 bridgehead atoms. The molecule has 2 aromatic heterocycles. The monoisotopic (exact) mass is 299 g/mol. The van der Waals surface area contributed by atoms with E-state index in [1.54, 1.807) is 12.1 Å². The van der Waals surface area contributed by atoms with E-state index in [0.29, 0.717) is 18.1 Å². The number of hydrogen-bond donors (Lipinski definition) is 2. The Kier molecular flexibility index (Phi) is 4.94. The molecule has 2 aromatic rings. The van der Waals surface area contributed by atoms with E-state index in [1.807, 2.05) is 0 Å². The molecule has 0 aliphatic heterocycles. The van der Waals surface area contributed by atoms with Crippen LogP contribution in [0.5, 0.6) is 0 Å². The maximum Gasteiger partial charge on any atom is 0.274 e. The molecule has 0 saturated heterocycles. The molecule has 0 aromatic carbocycles. The summed E-state index contributed by atoms with van der Waals surface area (Å²) >= 11 is 0. The van der Waals surface area contributed by atoms with Gasteiger partial charge in [-0.15, -0.1) is 0 Å². The molecule has 110 valence electrons. The SMILES string of the molecule is CCCNCc1ccc(S(=O)(=O)NCc2ccno2)o1. The van der Waals surface area contributed by atoms with Gasteiger partial charge in [0.15, 0.2) is 5.76 Å². The van der Waals surface area contributed by atoms with Gasteiger partial charge >= 0.3 is 0 Å². The third-order valence-electron chi connectivity index (χ3n) is 2.56. The molecule has 7 nitrogen and oxygen atoms in total. The van der Waals surface area contributed by atoms with Gasteiger partial charge in [-0.3, -0.25) is 0 Å². The van der Waals surface area contributed by atoms with Crippen LogP contribution in [0.2, 0.25) is 0 Å². The normalized spacial score (nSPS) is 11.8. The van der Waals surface area contributed by atoms with E-state index in [0.717, 1.165) is 13.0 Å². The van der Waals surface area contributed by atoms with Crippen molar-refractivity contribution in [2.24, 2.45) is 0 Å². The summed E-state index contributed by atoms with van der Waals surface area (Å²) < 4.78 is 36.5. The van der Waals surface area contributed by atoms with Crippen LogP contribution in [-0.2, 0) is 23.1 Å². The Labute approximate surface area is 117 Å². The van der Waals surface area contributed by atoms with Crippen molar-refractivity contribution >= 4 is 10.0 Å². The largest absolute Gasteiger partial charge is 0.447 e. The first-order chi connectivity index (χ1) is 9.62. The van der Waals surface area contributed by atoms with Gasteiger partial charge < -0.3 is 14.3 Å². The van der Waals surface area contributed by atoms with E-state index >= 15 is 0 Å². The number of aromatic nitrogens is 1. The smallest absolute Gasteiger partial charge is 0.274 e. The van der Waals surface area contributed by atoms with Crippen molar-refractivity contribution in [1.82, 2.24) is 15.2 Å². The van der Waals surface area contributed by atoms with E-state index in [-0.39, 0.29) is 11.6 Å². The number of hydrogen-bond acceptors (Lipinski definition) is 6. The lowest BCUT2D eigenvalue weighted by Gasteiger charge is -2.02. The Balaban J connectivity index is 1.95. The fraction of sp³-hybridized carbons (Fsp3) is 0.417. The second kappa shape index (κ2) is 6.69. The van der Waals surface area contributed by atoms with E-state index in [9.17, 15) is 8.42 Å². The molecule has 0 aliphatic carbocycles. The zero-order valence-corrected chi connectivity index (χ0v) is 11.9. The van der Waals surface area contributed by atoms with Gasteiger partial charge in [-0.1, -0.05) is 12.1 Å². The van der Waals surface area contributed by atoms with Crippen LogP contribution in [0, 0.1) is 0 Å². The average Bonchev–Trinajstić information content (AvgIpc) is 3.08. The van der Waals surface area contributed by atoms with Gasteiger partial charge in [0.1, 0.15) is 5.76 Å². The zero-order chi connectivity index (χ0) is 14.4. The lowest BCUT2D eigenvalue weighted by molar-refractivity contribution is 0.376. The molecule has 0 unspecified atom stereocenters. The van der Waals surface area contributed by atoms with Gasteiger partial charge in [0.05, 0.1) is 19.3 Å². The lowest BCUT2D eigenvalue weighted by Crippen LogP contribution is -2.22. The summed E-state index contributed by atoms with van der Waals surface area (Å²) in [6.45, 7) is 3.45. The molecule has 0 fully saturated rings. The molecule has 8 heteroatoms. The second-order valence-electron chi connectivity index (χ2n) is 4.20. The van der Waals surface area contributed by atoms with Crippen molar-refractivity contribution < 1.29 is 17.4 Å². The fourth-order valence-electron chi connectivity index (χ4n) is 1.56. The molecule has 2 rings (SSSR count). The van der Waals surface area contributed by atoms with Crippen molar-refractivity contribution in [3.63, 3.8) is 0 Å². The average molecular weight is 299 g/mol. The van der Waals surface area contributed by atoms with Crippen molar-refractivity contribution in [3.05, 3.63) is 35.9 Å². The van der Waals surface area contributed by atoms with Gasteiger partial charge in [-0.05, 0) is 25.1 Å². The maximum absolute atomic E-state index is 12.0. The van der Waals surface area contributed by atoms with Crippen molar-refractivity contribution in [3.8, 4) is 0 Å². The van der Waals surface area contributed by atoms with Crippen LogP contribution in [-0.4, -0.2) is 20.1 Å². The van der Waals surface area contributed by atoms with Crippen molar-refractivity contribution in [2.45, 2.75) is 31.5 Å². The van der Waals surface area contributed by atoms with Crippen LogP contribution >= 0.6 is 0 Å². The highest BCUT2D eigenvalue weighted by molar-refractivity contribution is 7.89. The van der Waals surface area contributed by atoms with Gasteiger partial charge in [0.25, 0.3) is 10.0 Å². The molecule has 0 spiro atoms. The summed E-state index contributed by atoms with van der Waals surface area (Å²) in [4.78, 5) is 0. The minimum Gasteiger partial charge on any atom is -0.447 e. The van der Waals surface area contributed by atoms with E-state index < -0.39 is 10.0 Å². The Morgan fingerprint density at radius 3 is 2.75 bits per heavy atom. The van der Waals surface area contributed by atoms with Crippen LogP contribution in [0.15, 0.2) is 38.4 Å². The van der Waals surface area contributed by atoms with Crippen LogP contribution in [0.25, 0.3) is 0 Å². The molecule has 0 atom stereocenters. The number of nitrogens with one attached hydrogen (secondary N) is 2. The summed E-state index contributed by atoms with van der Waals surface area (Å²) in [5, 5.41) is 6.53. The van der Waals surface area contributed by atoms with E-state index in [2.05, 4.69) is 22.1 Å². The van der Waals surface area contributed by atoms with Crippen LogP contribution in [0.4, 0.5) is 0 Å². The van der Waals surface area contributed by atoms with Gasteiger partial charge in [-0.25, -0.2) is 13.1 Å². The van der Waals surface area contributed by atoms with Gasteiger partial charge in [-0.2, -0.15) is 0 Å². The zero-order valence-electron chi connectivity index (χ0n) is 11.1. The quantitative estimate of drug-likeness (QED) is 0.712. The Morgan fingerprint density at radius 1 is 1.20 bits per heavy atom. The minimum atomic E-state index is -3.68. The third kappa shape index (κ3) is 3.92. The van der Waals surface area contributed by atoms with Crippen LogP contribution in [0.3, 0.4) is 0 Å². The minimum absolute atomic E-state index is 0.0342. The molecule has 2 heterocycles. The summed E-state index contributed by atoms with van der Waals surface area (Å²) in [5.41, 5.74) is 0. The van der Waals surface area contributed by atoms with Crippen molar-refractivity contribution in [1.29, 1.82) is 0 Å². The number of nitrogens with zero attached hydrogens (tertiary/aromatic N) is 1. The summed E-state index contributed by atoms with van der Waals surface area (Å²) in [6, 6.07) is 4.67. The highest BCUT2D eigenvalue weighted by atomic mass is 32.2. The highest BCUT2D eigenvalue weighted by Gasteiger charge is 2.19. The summed E-state index contributed by atoms with van der Waals surface area (Å²) in [6.07, 6.45) is 2.46. The van der Waals surface area contributed by atoms with Crippen LogP contribution in [0.1, 0.15) is 24.9 Å². The molecule has 20 heavy (non-hydrogen) atoms. The third-order valence-corrected chi connectivity index (χ3v) is 3.83. The van der Waals surface area contributed by atoms with E-state index in [1.165, 1.54) is 12.3 Å². The predicted octanol–water partition coefficient (Wildman–Crippen LogP) is 1.25. The van der Waals surface area contributed by atoms with Gasteiger partial charge in [0, 0.05) is 6.07 Å². The summed E-state index contributed by atoms with van der Waals surface area (Å²) in [5.74, 6) is 1.02. The Hall–Kier alpha value is -1.64. The fourth-order valence-corrected chi connectivity index (χ4v) is 2.50. The lowest BCUT2D eigenvalue weighted by atomic mass is 10.4. The summed E-state index contributed by atoms with van der Waals surface area (Å²) in [7, 11) is -3.68. The first-order valence-corrected chi connectivity index (χ1v) is 7.79. The first kappa shape index (κ1) is 14.8. The maximum atomic E-state index is 12.0. The molecule has 0 amide bonds. The Bertz CT molecular complexity index is 619. The van der Waals surface area contributed by atoms with Gasteiger partial charge in [0.2, 0.25) is 5.09 Å². The van der Waals surface area contributed by atoms with Crippen molar-refractivity contribution in [2.75, 3.05) is 6.54 Å². The first-order valence-electron chi connectivity index (χ1n) is 6.30.